The van der Waals surface area contributed by atoms with Gasteiger partial charge in [-0.1, -0.05) is 18.2 Å². The third kappa shape index (κ3) is 2.12. The van der Waals surface area contributed by atoms with Crippen molar-refractivity contribution in [3.63, 3.8) is 0 Å². The van der Waals surface area contributed by atoms with Crippen molar-refractivity contribution >= 4 is 17.3 Å². The fraction of sp³-hybridized carbons (Fsp3) is 0.133. The lowest BCUT2D eigenvalue weighted by Gasteiger charge is -2.13. The maximum atomic E-state index is 12.0. The summed E-state index contributed by atoms with van der Waals surface area (Å²) in [7, 11) is 1.62. The number of rotatable bonds is 3. The van der Waals surface area contributed by atoms with Crippen molar-refractivity contribution in [2.45, 2.75) is 6.04 Å². The first-order valence-corrected chi connectivity index (χ1v) is 6.08. The fourth-order valence-corrected chi connectivity index (χ4v) is 2.21. The largest absolute Gasteiger partial charge is 0.497 e. The van der Waals surface area contributed by atoms with Gasteiger partial charge in [0.15, 0.2) is 0 Å². The highest BCUT2D eigenvalue weighted by atomic mass is 16.5. The second-order valence-electron chi connectivity index (χ2n) is 4.39. The summed E-state index contributed by atoms with van der Waals surface area (Å²) in [5.41, 5.74) is 2.66. The van der Waals surface area contributed by atoms with Gasteiger partial charge in [0.25, 0.3) is 5.91 Å². The van der Waals surface area contributed by atoms with E-state index in [9.17, 15) is 4.79 Å². The standard InChI is InChI=1S/C15H14N2O2/c1-19-11-7-8-13-12(9-11)14(15(18)17-13)16-10-5-3-2-4-6-10/h2-9,14,16H,1H3,(H,17,18). The Kier molecular flexibility index (Phi) is 2.83. The molecule has 1 unspecified atom stereocenters. The van der Waals surface area contributed by atoms with E-state index >= 15 is 0 Å². The van der Waals surface area contributed by atoms with Gasteiger partial charge in [-0.25, -0.2) is 0 Å². The van der Waals surface area contributed by atoms with Crippen molar-refractivity contribution in [2.24, 2.45) is 0 Å². The van der Waals surface area contributed by atoms with Crippen LogP contribution in [0.3, 0.4) is 0 Å². The molecule has 1 amide bonds. The number of ether oxygens (including phenoxy) is 1. The van der Waals surface area contributed by atoms with Gasteiger partial charge >= 0.3 is 0 Å². The van der Waals surface area contributed by atoms with Crippen molar-refractivity contribution in [1.29, 1.82) is 0 Å². The molecule has 0 radical (unpaired) electrons. The van der Waals surface area contributed by atoms with Crippen molar-refractivity contribution in [3.05, 3.63) is 54.1 Å². The third-order valence-electron chi connectivity index (χ3n) is 3.17. The number of nitrogens with one attached hydrogen (secondary N) is 2. The van der Waals surface area contributed by atoms with Gasteiger partial charge in [-0.05, 0) is 30.3 Å². The van der Waals surface area contributed by atoms with Gasteiger partial charge in [-0.3, -0.25) is 4.79 Å². The van der Waals surface area contributed by atoms with Crippen LogP contribution >= 0.6 is 0 Å². The van der Waals surface area contributed by atoms with Crippen molar-refractivity contribution in [3.8, 4) is 5.75 Å². The first-order valence-electron chi connectivity index (χ1n) is 6.08. The SMILES string of the molecule is COc1ccc2c(c1)C(Nc1ccccc1)C(=O)N2. The zero-order chi connectivity index (χ0) is 13.2. The van der Waals surface area contributed by atoms with Crippen LogP contribution in [0.15, 0.2) is 48.5 Å². The summed E-state index contributed by atoms with van der Waals surface area (Å²) in [4.78, 5) is 12.0. The zero-order valence-corrected chi connectivity index (χ0v) is 10.5. The predicted octanol–water partition coefficient (Wildman–Crippen LogP) is 2.80. The minimum atomic E-state index is -0.382. The second-order valence-corrected chi connectivity index (χ2v) is 4.39. The molecule has 1 atom stereocenters. The maximum absolute atomic E-state index is 12.0. The lowest BCUT2D eigenvalue weighted by Crippen LogP contribution is -2.19. The van der Waals surface area contributed by atoms with Crippen LogP contribution < -0.4 is 15.4 Å². The number of benzene rings is 2. The van der Waals surface area contributed by atoms with Gasteiger partial charge in [0, 0.05) is 16.9 Å². The molecule has 0 aliphatic carbocycles. The van der Waals surface area contributed by atoms with Gasteiger partial charge in [0.1, 0.15) is 11.8 Å². The number of hydrogen-bond donors (Lipinski definition) is 2. The molecule has 0 aromatic heterocycles. The number of anilines is 2. The summed E-state index contributed by atoms with van der Waals surface area (Å²) in [6.07, 6.45) is 0. The highest BCUT2D eigenvalue weighted by Gasteiger charge is 2.30. The lowest BCUT2D eigenvalue weighted by molar-refractivity contribution is -0.116. The molecule has 1 aliphatic rings. The van der Waals surface area contributed by atoms with Crippen molar-refractivity contribution in [2.75, 3.05) is 17.7 Å². The van der Waals surface area contributed by atoms with Crippen LogP contribution in [0.1, 0.15) is 11.6 Å². The van der Waals surface area contributed by atoms with Crippen LogP contribution in [0.2, 0.25) is 0 Å². The van der Waals surface area contributed by atoms with E-state index in [0.717, 1.165) is 22.7 Å². The summed E-state index contributed by atoms with van der Waals surface area (Å²) in [5, 5.41) is 6.09. The van der Waals surface area contributed by atoms with E-state index in [1.807, 2.05) is 48.5 Å². The Hall–Kier alpha value is -2.49. The van der Waals surface area contributed by atoms with Gasteiger partial charge in [0.05, 0.1) is 7.11 Å². The molecule has 0 spiro atoms. The normalized spacial score (nSPS) is 16.7. The fourth-order valence-electron chi connectivity index (χ4n) is 2.21. The van der Waals surface area contributed by atoms with E-state index in [-0.39, 0.29) is 11.9 Å². The number of carbonyl (C=O) groups excluding carboxylic acids is 1. The molecule has 2 N–H and O–H groups in total. The predicted molar refractivity (Wildman–Crippen MR) is 74.4 cm³/mol. The molecule has 1 heterocycles. The Bertz CT molecular complexity index is 611. The van der Waals surface area contributed by atoms with Crippen LogP contribution in [0, 0.1) is 0 Å². The molecular formula is C15H14N2O2. The first-order chi connectivity index (χ1) is 9.28. The molecule has 96 valence electrons. The molecule has 4 heteroatoms. The smallest absolute Gasteiger partial charge is 0.251 e. The highest BCUT2D eigenvalue weighted by molar-refractivity contribution is 6.04. The van der Waals surface area contributed by atoms with Crippen molar-refractivity contribution in [1.82, 2.24) is 0 Å². The van der Waals surface area contributed by atoms with Crippen LogP contribution in [0.4, 0.5) is 11.4 Å². The molecule has 19 heavy (non-hydrogen) atoms. The Balaban J connectivity index is 1.93. The quantitative estimate of drug-likeness (QED) is 0.885. The molecule has 3 rings (SSSR count). The van der Waals surface area contributed by atoms with E-state index in [0.29, 0.717) is 0 Å². The average molecular weight is 254 g/mol. The van der Waals surface area contributed by atoms with Gasteiger partial charge < -0.3 is 15.4 Å². The summed E-state index contributed by atoms with van der Waals surface area (Å²) < 4.78 is 5.21. The number of carbonyl (C=O) groups is 1. The van der Waals surface area contributed by atoms with Crippen LogP contribution in [-0.2, 0) is 4.79 Å². The number of para-hydroxylation sites is 1. The maximum Gasteiger partial charge on any atom is 0.251 e. The Morgan fingerprint density at radius 3 is 2.68 bits per heavy atom. The van der Waals surface area contributed by atoms with E-state index in [2.05, 4.69) is 10.6 Å². The molecule has 0 fully saturated rings. The van der Waals surface area contributed by atoms with Gasteiger partial charge in [-0.15, -0.1) is 0 Å². The minimum Gasteiger partial charge on any atom is -0.497 e. The Labute approximate surface area is 111 Å². The number of amides is 1. The average Bonchev–Trinajstić information content (AvgIpc) is 2.76. The second kappa shape index (κ2) is 4.65. The highest BCUT2D eigenvalue weighted by Crippen LogP contribution is 2.35. The molecule has 1 aliphatic heterocycles. The molecule has 0 saturated carbocycles. The first kappa shape index (κ1) is 11.6. The molecule has 4 nitrogen and oxygen atoms in total. The van der Waals surface area contributed by atoms with Gasteiger partial charge in [0.2, 0.25) is 0 Å². The molecule has 0 saturated heterocycles. The van der Waals surface area contributed by atoms with Gasteiger partial charge in [-0.2, -0.15) is 0 Å². The number of hydrogen-bond acceptors (Lipinski definition) is 3. The third-order valence-corrected chi connectivity index (χ3v) is 3.17. The molecule has 0 bridgehead atoms. The van der Waals surface area contributed by atoms with E-state index in [4.69, 9.17) is 4.74 Å². The monoisotopic (exact) mass is 254 g/mol. The zero-order valence-electron chi connectivity index (χ0n) is 10.5. The summed E-state index contributed by atoms with van der Waals surface area (Å²) >= 11 is 0. The topological polar surface area (TPSA) is 50.4 Å². The van der Waals surface area contributed by atoms with E-state index < -0.39 is 0 Å². The van der Waals surface area contributed by atoms with Crippen molar-refractivity contribution < 1.29 is 9.53 Å². The number of fused-ring (bicyclic) bond motifs is 1. The Morgan fingerprint density at radius 2 is 1.95 bits per heavy atom. The summed E-state index contributed by atoms with van der Waals surface area (Å²) in [5.74, 6) is 0.696. The number of methoxy groups -OCH3 is 1. The Morgan fingerprint density at radius 1 is 1.16 bits per heavy atom. The molecule has 2 aromatic carbocycles. The van der Waals surface area contributed by atoms with Crippen LogP contribution in [0.25, 0.3) is 0 Å². The lowest BCUT2D eigenvalue weighted by atomic mass is 10.1. The van der Waals surface area contributed by atoms with E-state index in [1.165, 1.54) is 0 Å². The minimum absolute atomic E-state index is 0.0490. The van der Waals surface area contributed by atoms with Crippen LogP contribution in [0.5, 0.6) is 5.75 Å². The molecule has 2 aromatic rings. The molecular weight excluding hydrogens is 240 g/mol. The van der Waals surface area contributed by atoms with E-state index in [1.54, 1.807) is 7.11 Å². The summed E-state index contributed by atoms with van der Waals surface area (Å²) in [6.45, 7) is 0. The summed E-state index contributed by atoms with van der Waals surface area (Å²) in [6, 6.07) is 14.9. The van der Waals surface area contributed by atoms with Crippen LogP contribution in [-0.4, -0.2) is 13.0 Å².